The van der Waals surface area contributed by atoms with Crippen LogP contribution >= 0.6 is 0 Å². The van der Waals surface area contributed by atoms with Crippen LogP contribution in [0.4, 0.5) is 4.39 Å². The van der Waals surface area contributed by atoms with Crippen LogP contribution in [0.5, 0.6) is 0 Å². The normalized spacial score (nSPS) is 14.5. The van der Waals surface area contributed by atoms with E-state index in [0.29, 0.717) is 16.7 Å². The molecule has 24 heavy (non-hydrogen) atoms. The summed E-state index contributed by atoms with van der Waals surface area (Å²) < 4.78 is 13.3. The maximum absolute atomic E-state index is 13.3. The van der Waals surface area contributed by atoms with Crippen molar-refractivity contribution in [1.82, 2.24) is 4.90 Å². The molecule has 1 fully saturated rings. The van der Waals surface area contributed by atoms with Gasteiger partial charge in [-0.2, -0.15) is 0 Å². The minimum atomic E-state index is -1.18. The highest BCUT2D eigenvalue weighted by molar-refractivity contribution is 5.97. The summed E-state index contributed by atoms with van der Waals surface area (Å²) in [5, 5.41) is 9.24. The van der Waals surface area contributed by atoms with Gasteiger partial charge in [-0.15, -0.1) is 0 Å². The highest BCUT2D eigenvalue weighted by atomic mass is 19.1. The van der Waals surface area contributed by atoms with Crippen molar-refractivity contribution in [3.05, 3.63) is 59.4 Å². The predicted molar refractivity (Wildman–Crippen MR) is 88.5 cm³/mol. The van der Waals surface area contributed by atoms with E-state index in [9.17, 15) is 19.1 Å². The number of halogens is 1. The lowest BCUT2D eigenvalue weighted by Gasteiger charge is -2.26. The van der Waals surface area contributed by atoms with Crippen LogP contribution in [0.25, 0.3) is 11.1 Å². The lowest BCUT2D eigenvalue weighted by molar-refractivity contribution is 0.0694. The molecule has 0 unspecified atom stereocenters. The summed E-state index contributed by atoms with van der Waals surface area (Å²) in [6.45, 7) is 1.56. The molecule has 0 bridgehead atoms. The van der Waals surface area contributed by atoms with Crippen LogP contribution in [0.2, 0.25) is 0 Å². The van der Waals surface area contributed by atoms with E-state index in [2.05, 4.69) is 0 Å². The number of amides is 1. The van der Waals surface area contributed by atoms with Crippen LogP contribution in [0.1, 0.15) is 40.0 Å². The fraction of sp³-hybridized carbons (Fsp3) is 0.263. The number of carbonyl (C=O) groups is 2. The van der Waals surface area contributed by atoms with Crippen molar-refractivity contribution >= 4 is 11.9 Å². The smallest absolute Gasteiger partial charge is 0.336 e. The summed E-state index contributed by atoms with van der Waals surface area (Å²) in [6, 6.07) is 10.5. The van der Waals surface area contributed by atoms with Gasteiger partial charge in [0, 0.05) is 18.7 Å². The van der Waals surface area contributed by atoms with Gasteiger partial charge in [0.05, 0.1) is 5.56 Å². The van der Waals surface area contributed by atoms with Crippen LogP contribution < -0.4 is 0 Å². The number of hydrogen-bond donors (Lipinski definition) is 1. The Morgan fingerprint density at radius 1 is 0.958 bits per heavy atom. The number of likely N-dealkylation sites (tertiary alicyclic amines) is 1. The van der Waals surface area contributed by atoms with Gasteiger partial charge < -0.3 is 10.0 Å². The molecule has 1 saturated heterocycles. The molecule has 1 aliphatic heterocycles. The molecule has 0 atom stereocenters. The van der Waals surface area contributed by atoms with Gasteiger partial charge in [-0.1, -0.05) is 18.2 Å². The second kappa shape index (κ2) is 6.83. The molecule has 0 aromatic heterocycles. The molecule has 4 nitrogen and oxygen atoms in total. The molecule has 1 N–H and O–H groups in total. The SMILES string of the molecule is O=C(O)c1cc(F)ccc1-c1ccc(C(=O)N2CCCCC2)cc1. The van der Waals surface area contributed by atoms with Crippen molar-refractivity contribution in [3.63, 3.8) is 0 Å². The Labute approximate surface area is 139 Å². The number of carbonyl (C=O) groups excluding carboxylic acids is 1. The maximum Gasteiger partial charge on any atom is 0.336 e. The summed E-state index contributed by atoms with van der Waals surface area (Å²) in [5.41, 5.74) is 1.56. The third-order valence-corrected chi connectivity index (χ3v) is 4.30. The van der Waals surface area contributed by atoms with Gasteiger partial charge in [0.1, 0.15) is 5.82 Å². The van der Waals surface area contributed by atoms with Crippen LogP contribution in [-0.2, 0) is 0 Å². The predicted octanol–water partition coefficient (Wildman–Crippen LogP) is 3.82. The van der Waals surface area contributed by atoms with Crippen molar-refractivity contribution < 1.29 is 19.1 Å². The lowest BCUT2D eigenvalue weighted by Crippen LogP contribution is -2.35. The van der Waals surface area contributed by atoms with E-state index in [-0.39, 0.29) is 11.5 Å². The summed E-state index contributed by atoms with van der Waals surface area (Å²) in [6.07, 6.45) is 3.22. The van der Waals surface area contributed by atoms with Crippen molar-refractivity contribution in [1.29, 1.82) is 0 Å². The van der Waals surface area contributed by atoms with E-state index in [1.807, 2.05) is 4.90 Å². The first-order chi connectivity index (χ1) is 11.6. The third-order valence-electron chi connectivity index (χ3n) is 4.30. The van der Waals surface area contributed by atoms with E-state index in [4.69, 9.17) is 0 Å². The molecule has 1 aliphatic rings. The van der Waals surface area contributed by atoms with Gasteiger partial charge in [0.2, 0.25) is 0 Å². The Bertz CT molecular complexity index is 765. The average Bonchev–Trinajstić information content (AvgIpc) is 2.62. The zero-order valence-electron chi connectivity index (χ0n) is 13.2. The average molecular weight is 327 g/mol. The fourth-order valence-corrected chi connectivity index (χ4v) is 3.02. The molecule has 1 heterocycles. The van der Waals surface area contributed by atoms with E-state index >= 15 is 0 Å². The van der Waals surface area contributed by atoms with Gasteiger partial charge in [-0.05, 0) is 54.7 Å². The van der Waals surface area contributed by atoms with Crippen molar-refractivity contribution in [3.8, 4) is 11.1 Å². The monoisotopic (exact) mass is 327 g/mol. The van der Waals surface area contributed by atoms with E-state index in [1.54, 1.807) is 24.3 Å². The van der Waals surface area contributed by atoms with Crippen molar-refractivity contribution in [2.45, 2.75) is 19.3 Å². The number of carboxylic acids is 1. The molecule has 2 aromatic carbocycles. The molecular weight excluding hydrogens is 309 g/mol. The Morgan fingerprint density at radius 2 is 1.62 bits per heavy atom. The Hall–Kier alpha value is -2.69. The number of aromatic carboxylic acids is 1. The van der Waals surface area contributed by atoms with Crippen LogP contribution in [0, 0.1) is 5.82 Å². The van der Waals surface area contributed by atoms with E-state index in [0.717, 1.165) is 38.4 Å². The zero-order valence-corrected chi connectivity index (χ0v) is 13.2. The summed E-state index contributed by atoms with van der Waals surface area (Å²) in [7, 11) is 0. The summed E-state index contributed by atoms with van der Waals surface area (Å²) in [5.74, 6) is -1.77. The second-order valence-corrected chi connectivity index (χ2v) is 5.93. The molecule has 2 aromatic rings. The Balaban J connectivity index is 1.87. The fourth-order valence-electron chi connectivity index (χ4n) is 3.02. The molecule has 0 spiro atoms. The first-order valence-electron chi connectivity index (χ1n) is 7.99. The minimum Gasteiger partial charge on any atom is -0.478 e. The Morgan fingerprint density at radius 3 is 2.25 bits per heavy atom. The van der Waals surface area contributed by atoms with E-state index < -0.39 is 11.8 Å². The van der Waals surface area contributed by atoms with Crippen LogP contribution in [0.3, 0.4) is 0 Å². The number of hydrogen-bond acceptors (Lipinski definition) is 2. The summed E-state index contributed by atoms with van der Waals surface area (Å²) in [4.78, 5) is 25.6. The molecule has 124 valence electrons. The molecule has 3 rings (SSSR count). The zero-order chi connectivity index (χ0) is 17.1. The second-order valence-electron chi connectivity index (χ2n) is 5.93. The van der Waals surface area contributed by atoms with Gasteiger partial charge in [0.25, 0.3) is 5.91 Å². The van der Waals surface area contributed by atoms with Crippen molar-refractivity contribution in [2.75, 3.05) is 13.1 Å². The number of carboxylic acid groups (broad SMARTS) is 1. The third kappa shape index (κ3) is 3.30. The minimum absolute atomic E-state index is 0.00110. The highest BCUT2D eigenvalue weighted by Crippen LogP contribution is 2.25. The summed E-state index contributed by atoms with van der Waals surface area (Å²) >= 11 is 0. The molecule has 0 aliphatic carbocycles. The topological polar surface area (TPSA) is 57.6 Å². The number of piperidine rings is 1. The maximum atomic E-state index is 13.3. The number of nitrogens with zero attached hydrogens (tertiary/aromatic N) is 1. The van der Waals surface area contributed by atoms with E-state index in [1.165, 1.54) is 12.1 Å². The van der Waals surface area contributed by atoms with Crippen LogP contribution in [0.15, 0.2) is 42.5 Å². The van der Waals surface area contributed by atoms with Gasteiger partial charge in [-0.25, -0.2) is 9.18 Å². The quantitative estimate of drug-likeness (QED) is 0.932. The molecule has 1 amide bonds. The van der Waals surface area contributed by atoms with Crippen molar-refractivity contribution in [2.24, 2.45) is 0 Å². The number of benzene rings is 2. The van der Waals surface area contributed by atoms with Gasteiger partial charge >= 0.3 is 5.97 Å². The highest BCUT2D eigenvalue weighted by Gasteiger charge is 2.18. The Kier molecular flexibility index (Phi) is 4.60. The molecule has 0 saturated carbocycles. The van der Waals surface area contributed by atoms with Crippen LogP contribution in [-0.4, -0.2) is 35.0 Å². The molecule has 0 radical (unpaired) electrons. The molecule has 5 heteroatoms. The molecular formula is C19H18FNO3. The lowest BCUT2D eigenvalue weighted by atomic mass is 9.98. The van der Waals surface area contributed by atoms with Gasteiger partial charge in [0.15, 0.2) is 0 Å². The largest absolute Gasteiger partial charge is 0.478 e. The first kappa shape index (κ1) is 16.2. The number of rotatable bonds is 3. The van der Waals surface area contributed by atoms with Gasteiger partial charge in [-0.3, -0.25) is 4.79 Å². The first-order valence-corrected chi connectivity index (χ1v) is 7.99. The standard InChI is InChI=1S/C19H18FNO3/c20-15-8-9-16(17(12-15)19(23)24)13-4-6-14(7-5-13)18(22)21-10-2-1-3-11-21/h4-9,12H,1-3,10-11H2,(H,23,24).